The van der Waals surface area contributed by atoms with Gasteiger partial charge in [-0.2, -0.15) is 0 Å². The molecule has 4 rings (SSSR count). The molecule has 7 heteroatoms. The first-order chi connectivity index (χ1) is 14.6. The Morgan fingerprint density at radius 3 is 2.83 bits per heavy atom. The number of thiophene rings is 1. The average molecular weight is 438 g/mol. The van der Waals surface area contributed by atoms with E-state index < -0.39 is 0 Å². The van der Waals surface area contributed by atoms with Gasteiger partial charge >= 0.3 is 0 Å². The lowest BCUT2D eigenvalue weighted by atomic mass is 10.1. The maximum atomic E-state index is 13.0. The Balaban J connectivity index is 1.50. The highest BCUT2D eigenvalue weighted by Crippen LogP contribution is 2.39. The van der Waals surface area contributed by atoms with Crippen LogP contribution in [-0.2, 0) is 24.2 Å². The number of rotatable bonds is 6. The summed E-state index contributed by atoms with van der Waals surface area (Å²) in [6.07, 6.45) is 9.34. The molecule has 0 bridgehead atoms. The number of benzene rings is 1. The number of aryl methyl sites for hydroxylation is 1. The van der Waals surface area contributed by atoms with E-state index in [0.29, 0.717) is 22.1 Å². The molecule has 0 saturated carbocycles. The molecule has 0 aliphatic heterocycles. The molecule has 0 unspecified atom stereocenters. The summed E-state index contributed by atoms with van der Waals surface area (Å²) in [6.45, 7) is 0.386. The van der Waals surface area contributed by atoms with Gasteiger partial charge in [0.2, 0.25) is 5.91 Å². The van der Waals surface area contributed by atoms with Crippen molar-refractivity contribution in [3.05, 3.63) is 87.0 Å². The summed E-state index contributed by atoms with van der Waals surface area (Å²) >= 11 is 7.62. The van der Waals surface area contributed by atoms with Crippen molar-refractivity contribution in [2.75, 3.05) is 5.32 Å². The minimum atomic E-state index is -0.295. The van der Waals surface area contributed by atoms with Gasteiger partial charge in [0.15, 0.2) is 0 Å². The standard InChI is InChI=1S/C23H20ClN3O2S/c24-18-8-2-1-6-16(18)10-11-20(28)27-23-21(17-7-3-9-19(17)30-23)22(29)26-14-15-5-4-12-25-13-15/h1-2,4-6,8,10-13H,3,7,9,14H2,(H,26,29)(H,27,28)/b11-10+. The highest BCUT2D eigenvalue weighted by atomic mass is 35.5. The molecule has 1 aromatic carbocycles. The largest absolute Gasteiger partial charge is 0.348 e. The van der Waals surface area contributed by atoms with E-state index in [0.717, 1.165) is 36.0 Å². The number of hydrogen-bond donors (Lipinski definition) is 2. The molecule has 2 amide bonds. The zero-order chi connectivity index (χ0) is 20.9. The number of halogens is 1. The van der Waals surface area contributed by atoms with Gasteiger partial charge in [-0.15, -0.1) is 11.3 Å². The molecule has 0 saturated heterocycles. The third kappa shape index (κ3) is 4.61. The van der Waals surface area contributed by atoms with E-state index in [9.17, 15) is 9.59 Å². The van der Waals surface area contributed by atoms with Crippen molar-refractivity contribution in [1.29, 1.82) is 0 Å². The molecule has 1 aliphatic carbocycles. The maximum Gasteiger partial charge on any atom is 0.254 e. The first kappa shape index (κ1) is 20.3. The lowest BCUT2D eigenvalue weighted by molar-refractivity contribution is -0.111. The Kier molecular flexibility index (Phi) is 6.26. The molecule has 0 fully saturated rings. The predicted molar refractivity (Wildman–Crippen MR) is 121 cm³/mol. The summed E-state index contributed by atoms with van der Waals surface area (Å²) < 4.78 is 0. The normalized spacial score (nSPS) is 12.7. The van der Waals surface area contributed by atoms with Crippen molar-refractivity contribution in [3.63, 3.8) is 0 Å². The van der Waals surface area contributed by atoms with Gasteiger partial charge in [0, 0.05) is 34.9 Å². The van der Waals surface area contributed by atoms with Gasteiger partial charge < -0.3 is 10.6 Å². The average Bonchev–Trinajstić information content (AvgIpc) is 3.33. The van der Waals surface area contributed by atoms with Crippen LogP contribution >= 0.6 is 22.9 Å². The molecular weight excluding hydrogens is 418 g/mol. The van der Waals surface area contributed by atoms with Gasteiger partial charge in [-0.25, -0.2) is 0 Å². The third-order valence-electron chi connectivity index (χ3n) is 4.88. The zero-order valence-electron chi connectivity index (χ0n) is 16.2. The van der Waals surface area contributed by atoms with Crippen LogP contribution in [0.2, 0.25) is 5.02 Å². The second kappa shape index (κ2) is 9.24. The SMILES string of the molecule is O=C(/C=C/c1ccccc1Cl)Nc1sc2c(c1C(=O)NCc1cccnc1)CCC2. The van der Waals surface area contributed by atoms with E-state index >= 15 is 0 Å². The first-order valence-electron chi connectivity index (χ1n) is 9.67. The Labute approximate surface area is 183 Å². The van der Waals surface area contributed by atoms with E-state index in [1.54, 1.807) is 24.5 Å². The topological polar surface area (TPSA) is 71.1 Å². The molecule has 152 valence electrons. The highest BCUT2D eigenvalue weighted by molar-refractivity contribution is 7.17. The number of nitrogens with zero attached hydrogens (tertiary/aromatic N) is 1. The Morgan fingerprint density at radius 2 is 2.03 bits per heavy atom. The number of pyridine rings is 1. The molecule has 0 spiro atoms. The number of nitrogens with one attached hydrogen (secondary N) is 2. The van der Waals surface area contributed by atoms with Crippen molar-refractivity contribution in [2.24, 2.45) is 0 Å². The van der Waals surface area contributed by atoms with Crippen molar-refractivity contribution in [3.8, 4) is 0 Å². The second-order valence-electron chi connectivity index (χ2n) is 6.95. The van der Waals surface area contributed by atoms with Crippen molar-refractivity contribution < 1.29 is 9.59 Å². The van der Waals surface area contributed by atoms with Crippen LogP contribution in [-0.4, -0.2) is 16.8 Å². The van der Waals surface area contributed by atoms with Crippen LogP contribution in [0.25, 0.3) is 6.08 Å². The van der Waals surface area contributed by atoms with Gasteiger partial charge in [0.05, 0.1) is 5.56 Å². The van der Waals surface area contributed by atoms with E-state index in [2.05, 4.69) is 15.6 Å². The Hall–Kier alpha value is -2.96. The monoisotopic (exact) mass is 437 g/mol. The molecule has 2 heterocycles. The fourth-order valence-electron chi connectivity index (χ4n) is 3.44. The molecule has 30 heavy (non-hydrogen) atoms. The summed E-state index contributed by atoms with van der Waals surface area (Å²) in [6, 6.07) is 11.0. The summed E-state index contributed by atoms with van der Waals surface area (Å²) in [7, 11) is 0. The summed E-state index contributed by atoms with van der Waals surface area (Å²) in [5.41, 5.74) is 3.31. The van der Waals surface area contributed by atoms with Crippen LogP contribution in [0.3, 0.4) is 0 Å². The molecule has 5 nitrogen and oxygen atoms in total. The van der Waals surface area contributed by atoms with Crippen LogP contribution < -0.4 is 10.6 Å². The number of carbonyl (C=O) groups is 2. The van der Waals surface area contributed by atoms with Crippen molar-refractivity contribution in [2.45, 2.75) is 25.8 Å². The smallest absolute Gasteiger partial charge is 0.254 e. The Bertz CT molecular complexity index is 1110. The lowest BCUT2D eigenvalue weighted by Gasteiger charge is -2.09. The van der Waals surface area contributed by atoms with Crippen LogP contribution in [0.4, 0.5) is 5.00 Å². The predicted octanol–water partition coefficient (Wildman–Crippen LogP) is 4.87. The number of anilines is 1. The number of hydrogen-bond acceptors (Lipinski definition) is 4. The molecule has 2 aromatic heterocycles. The van der Waals surface area contributed by atoms with E-state index in [-0.39, 0.29) is 11.8 Å². The maximum absolute atomic E-state index is 13.0. The quantitative estimate of drug-likeness (QED) is 0.540. The van der Waals surface area contributed by atoms with Gasteiger partial charge in [-0.3, -0.25) is 14.6 Å². The molecule has 1 aliphatic rings. The zero-order valence-corrected chi connectivity index (χ0v) is 17.7. The molecule has 0 radical (unpaired) electrons. The second-order valence-corrected chi connectivity index (χ2v) is 8.46. The molecular formula is C23H20ClN3O2S. The van der Waals surface area contributed by atoms with Gasteiger partial charge in [0.1, 0.15) is 5.00 Å². The number of aromatic nitrogens is 1. The molecule has 2 N–H and O–H groups in total. The lowest BCUT2D eigenvalue weighted by Crippen LogP contribution is -2.24. The van der Waals surface area contributed by atoms with Crippen molar-refractivity contribution >= 4 is 45.8 Å². The summed E-state index contributed by atoms with van der Waals surface area (Å²) in [4.78, 5) is 30.7. The minimum Gasteiger partial charge on any atom is -0.348 e. The number of fused-ring (bicyclic) bond motifs is 1. The molecule has 3 aromatic rings. The fraction of sp³-hybridized carbons (Fsp3) is 0.174. The van der Waals surface area contributed by atoms with Gasteiger partial charge in [-0.05, 0) is 54.2 Å². The molecule has 0 atom stereocenters. The van der Waals surface area contributed by atoms with Crippen LogP contribution in [0.1, 0.15) is 38.3 Å². The summed E-state index contributed by atoms with van der Waals surface area (Å²) in [5.74, 6) is -0.472. The van der Waals surface area contributed by atoms with Crippen LogP contribution in [0, 0.1) is 0 Å². The van der Waals surface area contributed by atoms with Gasteiger partial charge in [-0.1, -0.05) is 35.9 Å². The van der Waals surface area contributed by atoms with Crippen LogP contribution in [0.5, 0.6) is 0 Å². The number of amides is 2. The highest BCUT2D eigenvalue weighted by Gasteiger charge is 2.27. The number of carbonyl (C=O) groups excluding carboxylic acids is 2. The van der Waals surface area contributed by atoms with Gasteiger partial charge in [0.25, 0.3) is 5.91 Å². The van der Waals surface area contributed by atoms with Crippen LogP contribution in [0.15, 0.2) is 54.9 Å². The van der Waals surface area contributed by atoms with E-state index in [4.69, 9.17) is 11.6 Å². The fourth-order valence-corrected chi connectivity index (χ4v) is 4.92. The van der Waals surface area contributed by atoms with E-state index in [1.807, 2.05) is 30.3 Å². The third-order valence-corrected chi connectivity index (χ3v) is 6.43. The van der Waals surface area contributed by atoms with E-state index in [1.165, 1.54) is 22.3 Å². The first-order valence-corrected chi connectivity index (χ1v) is 10.9. The van der Waals surface area contributed by atoms with Crippen molar-refractivity contribution in [1.82, 2.24) is 10.3 Å². The Morgan fingerprint density at radius 1 is 1.17 bits per heavy atom. The minimum absolute atomic E-state index is 0.177. The summed E-state index contributed by atoms with van der Waals surface area (Å²) in [5, 5.41) is 7.01.